The van der Waals surface area contributed by atoms with E-state index < -0.39 is 5.54 Å². The first-order valence-corrected chi connectivity index (χ1v) is 8.40. The van der Waals surface area contributed by atoms with Gasteiger partial charge in [0.2, 0.25) is 11.8 Å². The molecule has 2 heterocycles. The SMILES string of the molecule is Cc1nc(CC2CCCN(C(=O)C(C)(N)c3ccccc3)C2)no1. The molecule has 3 rings (SSSR count). The number of aromatic nitrogens is 2. The molecule has 2 atom stereocenters. The number of aryl methyl sites for hydroxylation is 1. The molecule has 128 valence electrons. The topological polar surface area (TPSA) is 85.2 Å². The molecule has 1 saturated heterocycles. The summed E-state index contributed by atoms with van der Waals surface area (Å²) in [4.78, 5) is 19.1. The Morgan fingerprint density at radius 3 is 2.83 bits per heavy atom. The van der Waals surface area contributed by atoms with Crippen LogP contribution in [0.2, 0.25) is 0 Å². The van der Waals surface area contributed by atoms with Crippen molar-refractivity contribution in [2.45, 2.75) is 38.6 Å². The van der Waals surface area contributed by atoms with Crippen molar-refractivity contribution in [3.63, 3.8) is 0 Å². The number of benzene rings is 1. The van der Waals surface area contributed by atoms with Gasteiger partial charge in [0.1, 0.15) is 5.54 Å². The van der Waals surface area contributed by atoms with E-state index in [0.29, 0.717) is 24.2 Å². The minimum atomic E-state index is -1.01. The Morgan fingerprint density at radius 1 is 1.42 bits per heavy atom. The Hall–Kier alpha value is -2.21. The smallest absolute Gasteiger partial charge is 0.246 e. The van der Waals surface area contributed by atoms with Gasteiger partial charge in [-0.25, -0.2) is 0 Å². The molecule has 1 aliphatic rings. The number of likely N-dealkylation sites (tertiary alicyclic amines) is 1. The largest absolute Gasteiger partial charge is 0.341 e. The van der Waals surface area contributed by atoms with Gasteiger partial charge in [-0.1, -0.05) is 35.5 Å². The predicted octanol–water partition coefficient (Wildman–Crippen LogP) is 2.03. The number of amides is 1. The lowest BCUT2D eigenvalue weighted by Crippen LogP contribution is -2.53. The Bertz CT molecular complexity index is 696. The van der Waals surface area contributed by atoms with Gasteiger partial charge in [-0.15, -0.1) is 0 Å². The maximum absolute atomic E-state index is 13.0. The van der Waals surface area contributed by atoms with Crippen LogP contribution in [0.1, 0.15) is 37.0 Å². The summed E-state index contributed by atoms with van der Waals surface area (Å²) >= 11 is 0. The molecule has 1 aliphatic heterocycles. The number of hydrogen-bond acceptors (Lipinski definition) is 5. The molecule has 2 unspecified atom stereocenters. The molecular weight excluding hydrogens is 304 g/mol. The average molecular weight is 328 g/mol. The molecule has 0 aliphatic carbocycles. The highest BCUT2D eigenvalue weighted by molar-refractivity contribution is 5.87. The minimum absolute atomic E-state index is 0.0253. The monoisotopic (exact) mass is 328 g/mol. The summed E-state index contributed by atoms with van der Waals surface area (Å²) in [6, 6.07) is 9.55. The molecule has 6 heteroatoms. The summed E-state index contributed by atoms with van der Waals surface area (Å²) < 4.78 is 5.03. The Morgan fingerprint density at radius 2 is 2.17 bits per heavy atom. The second-order valence-corrected chi connectivity index (χ2v) is 6.76. The molecule has 2 N–H and O–H groups in total. The second kappa shape index (κ2) is 6.73. The van der Waals surface area contributed by atoms with Crippen molar-refractivity contribution in [2.24, 2.45) is 11.7 Å². The van der Waals surface area contributed by atoms with Gasteiger partial charge in [-0.3, -0.25) is 4.79 Å². The zero-order chi connectivity index (χ0) is 17.2. The van der Waals surface area contributed by atoms with Gasteiger partial charge in [0.15, 0.2) is 5.82 Å². The molecular formula is C18H24N4O2. The lowest BCUT2D eigenvalue weighted by Gasteiger charge is -2.37. The lowest BCUT2D eigenvalue weighted by atomic mass is 9.88. The summed E-state index contributed by atoms with van der Waals surface area (Å²) in [6.45, 7) is 5.01. The van der Waals surface area contributed by atoms with Crippen molar-refractivity contribution < 1.29 is 9.32 Å². The van der Waals surface area contributed by atoms with Gasteiger partial charge >= 0.3 is 0 Å². The van der Waals surface area contributed by atoms with Gasteiger partial charge in [0, 0.05) is 26.4 Å². The summed E-state index contributed by atoms with van der Waals surface area (Å²) in [7, 11) is 0. The van der Waals surface area contributed by atoms with Crippen LogP contribution in [-0.2, 0) is 16.8 Å². The average Bonchev–Trinajstić information content (AvgIpc) is 3.00. The molecule has 1 aromatic heterocycles. The van der Waals surface area contributed by atoms with E-state index in [1.165, 1.54) is 0 Å². The molecule has 1 aromatic carbocycles. The fourth-order valence-electron chi connectivity index (χ4n) is 3.33. The number of hydrogen-bond donors (Lipinski definition) is 1. The van der Waals surface area contributed by atoms with Crippen LogP contribution in [0.25, 0.3) is 0 Å². The molecule has 0 saturated carbocycles. The predicted molar refractivity (Wildman–Crippen MR) is 90.0 cm³/mol. The van der Waals surface area contributed by atoms with Crippen LogP contribution < -0.4 is 5.73 Å². The highest BCUT2D eigenvalue weighted by Gasteiger charge is 2.36. The van der Waals surface area contributed by atoms with Crippen LogP contribution in [0.15, 0.2) is 34.9 Å². The first-order valence-electron chi connectivity index (χ1n) is 8.40. The maximum atomic E-state index is 13.0. The van der Waals surface area contributed by atoms with E-state index in [1.54, 1.807) is 13.8 Å². The Kier molecular flexibility index (Phi) is 4.66. The zero-order valence-corrected chi connectivity index (χ0v) is 14.2. The summed E-state index contributed by atoms with van der Waals surface area (Å²) in [5.74, 6) is 1.60. The number of rotatable bonds is 4. The quantitative estimate of drug-likeness (QED) is 0.928. The molecule has 0 bridgehead atoms. The molecule has 1 amide bonds. The lowest BCUT2D eigenvalue weighted by molar-refractivity contribution is -0.138. The van der Waals surface area contributed by atoms with Gasteiger partial charge in [0.25, 0.3) is 0 Å². The number of nitrogens with two attached hydrogens (primary N) is 1. The van der Waals surface area contributed by atoms with Gasteiger partial charge in [0.05, 0.1) is 0 Å². The van der Waals surface area contributed by atoms with E-state index in [2.05, 4.69) is 10.1 Å². The first-order chi connectivity index (χ1) is 11.5. The summed E-state index contributed by atoms with van der Waals surface area (Å²) in [6.07, 6.45) is 2.76. The third-order valence-corrected chi connectivity index (χ3v) is 4.66. The second-order valence-electron chi connectivity index (χ2n) is 6.76. The van der Waals surface area contributed by atoms with E-state index >= 15 is 0 Å². The van der Waals surface area contributed by atoms with Crippen molar-refractivity contribution >= 4 is 5.91 Å². The molecule has 24 heavy (non-hydrogen) atoms. The van der Waals surface area contributed by atoms with E-state index in [4.69, 9.17) is 10.3 Å². The third-order valence-electron chi connectivity index (χ3n) is 4.66. The van der Waals surface area contributed by atoms with Crippen molar-refractivity contribution in [2.75, 3.05) is 13.1 Å². The number of carbonyl (C=O) groups excluding carboxylic acids is 1. The van der Waals surface area contributed by atoms with E-state index in [1.807, 2.05) is 35.2 Å². The van der Waals surface area contributed by atoms with Gasteiger partial charge in [-0.05, 0) is 31.2 Å². The van der Waals surface area contributed by atoms with E-state index in [-0.39, 0.29) is 5.91 Å². The van der Waals surface area contributed by atoms with Gasteiger partial charge < -0.3 is 15.2 Å². The van der Waals surface area contributed by atoms with Crippen molar-refractivity contribution in [1.29, 1.82) is 0 Å². The van der Waals surface area contributed by atoms with Crippen molar-refractivity contribution in [3.05, 3.63) is 47.6 Å². The molecule has 6 nitrogen and oxygen atoms in total. The zero-order valence-electron chi connectivity index (χ0n) is 14.2. The maximum Gasteiger partial charge on any atom is 0.246 e. The van der Waals surface area contributed by atoms with E-state index in [0.717, 1.165) is 31.4 Å². The molecule has 0 radical (unpaired) electrons. The van der Waals surface area contributed by atoms with Crippen LogP contribution >= 0.6 is 0 Å². The minimum Gasteiger partial charge on any atom is -0.341 e. The normalized spacial score (nSPS) is 20.6. The van der Waals surface area contributed by atoms with Crippen LogP contribution in [0.5, 0.6) is 0 Å². The molecule has 1 fully saturated rings. The standard InChI is InChI=1S/C18H24N4O2/c1-13-20-16(21-24-13)11-14-7-6-10-22(12-14)17(23)18(2,19)15-8-4-3-5-9-15/h3-5,8-9,14H,6-7,10-12,19H2,1-2H3. The summed E-state index contributed by atoms with van der Waals surface area (Å²) in [5.41, 5.74) is 6.21. The molecule has 0 spiro atoms. The van der Waals surface area contributed by atoms with E-state index in [9.17, 15) is 4.79 Å². The summed E-state index contributed by atoms with van der Waals surface area (Å²) in [5, 5.41) is 3.96. The van der Waals surface area contributed by atoms with Gasteiger partial charge in [-0.2, -0.15) is 4.98 Å². The van der Waals surface area contributed by atoms with Crippen LogP contribution in [0.3, 0.4) is 0 Å². The Labute approximate surface area is 142 Å². The first kappa shape index (κ1) is 16.6. The number of nitrogens with zero attached hydrogens (tertiary/aromatic N) is 3. The van der Waals surface area contributed by atoms with Crippen LogP contribution in [0, 0.1) is 12.8 Å². The third kappa shape index (κ3) is 3.48. The highest BCUT2D eigenvalue weighted by Crippen LogP contribution is 2.25. The highest BCUT2D eigenvalue weighted by atomic mass is 16.5. The Balaban J connectivity index is 1.68. The number of carbonyl (C=O) groups is 1. The van der Waals surface area contributed by atoms with Crippen LogP contribution in [-0.4, -0.2) is 34.0 Å². The van der Waals surface area contributed by atoms with Crippen molar-refractivity contribution in [1.82, 2.24) is 15.0 Å². The number of piperidine rings is 1. The molecule has 2 aromatic rings. The van der Waals surface area contributed by atoms with Crippen molar-refractivity contribution in [3.8, 4) is 0 Å². The van der Waals surface area contributed by atoms with Crippen LogP contribution in [0.4, 0.5) is 0 Å². The fourth-order valence-corrected chi connectivity index (χ4v) is 3.33. The fraction of sp³-hybridized carbons (Fsp3) is 0.500.